The number of aryl methyl sites for hydroxylation is 1. The number of para-hydroxylation sites is 2. The molecule has 0 atom stereocenters. The molecule has 0 bridgehead atoms. The Bertz CT molecular complexity index is 2510. The summed E-state index contributed by atoms with van der Waals surface area (Å²) in [7, 11) is 0. The maximum atomic E-state index is 2.41. The lowest BCUT2D eigenvalue weighted by molar-refractivity contribution is 1.18. The highest BCUT2D eigenvalue weighted by molar-refractivity contribution is 6.23. The number of fused-ring (bicyclic) bond motifs is 6. The molecule has 0 amide bonds. The summed E-state index contributed by atoms with van der Waals surface area (Å²) in [5, 5.41) is 10.2. The minimum absolute atomic E-state index is 1.17. The van der Waals surface area contributed by atoms with Gasteiger partial charge in [0.15, 0.2) is 0 Å². The molecule has 8 aromatic carbocycles. The number of hydrogen-bond acceptors (Lipinski definition) is 0. The third-order valence-electron chi connectivity index (χ3n) is 9.21. The first-order valence-corrected chi connectivity index (χ1v) is 15.3. The van der Waals surface area contributed by atoms with E-state index in [0.717, 1.165) is 0 Å². The highest BCUT2D eigenvalue weighted by atomic mass is 15.0. The first kappa shape index (κ1) is 24.9. The van der Waals surface area contributed by atoms with E-state index in [1.165, 1.54) is 87.6 Å². The van der Waals surface area contributed by atoms with E-state index in [0.29, 0.717) is 0 Å². The summed E-state index contributed by atoms with van der Waals surface area (Å²) in [6.45, 7) is 2.20. The molecule has 0 aliphatic rings. The van der Waals surface area contributed by atoms with Crippen LogP contribution in [-0.2, 0) is 0 Å². The molecule has 0 radical (unpaired) electrons. The SMILES string of the molecule is Cc1ccc2c(-c3cccc(-n4c5ccccc5c5ccccc54)c3)c3ccccc3c(-c3cccc4ccccc34)c2c1. The quantitative estimate of drug-likeness (QED) is 0.190. The van der Waals surface area contributed by atoms with E-state index in [1.807, 2.05) is 0 Å². The molecular formula is C43H29N. The van der Waals surface area contributed by atoms with Crippen molar-refractivity contribution < 1.29 is 0 Å². The maximum absolute atomic E-state index is 2.41. The molecule has 0 unspecified atom stereocenters. The van der Waals surface area contributed by atoms with Gasteiger partial charge >= 0.3 is 0 Å². The van der Waals surface area contributed by atoms with Crippen LogP contribution in [0.1, 0.15) is 5.56 Å². The van der Waals surface area contributed by atoms with Gasteiger partial charge in [-0.25, -0.2) is 0 Å². The van der Waals surface area contributed by atoms with E-state index in [-0.39, 0.29) is 0 Å². The van der Waals surface area contributed by atoms with Crippen molar-refractivity contribution >= 4 is 54.1 Å². The van der Waals surface area contributed by atoms with Crippen molar-refractivity contribution in [3.63, 3.8) is 0 Å². The fourth-order valence-electron chi connectivity index (χ4n) is 7.34. The molecule has 9 rings (SSSR count). The third kappa shape index (κ3) is 3.66. The van der Waals surface area contributed by atoms with E-state index in [9.17, 15) is 0 Å². The van der Waals surface area contributed by atoms with Gasteiger partial charge in [0.05, 0.1) is 11.0 Å². The summed E-state index contributed by atoms with van der Waals surface area (Å²) in [6, 6.07) is 57.9. The average Bonchev–Trinajstić information content (AvgIpc) is 3.41. The first-order chi connectivity index (χ1) is 21.8. The number of aromatic nitrogens is 1. The standard InChI is InChI=1S/C43H29N/c1-28-24-25-38-39(26-28)43(35-21-11-13-29-12-2-3-16-32(29)35)37-20-5-4-19-36(37)42(38)30-14-10-15-31(27-30)44-40-22-8-6-17-33(40)34-18-7-9-23-41(34)44/h2-27H,1H3. The molecule has 1 aromatic heterocycles. The number of benzene rings is 8. The summed E-state index contributed by atoms with van der Waals surface area (Å²) in [5.74, 6) is 0. The lowest BCUT2D eigenvalue weighted by Gasteiger charge is -2.20. The van der Waals surface area contributed by atoms with E-state index in [4.69, 9.17) is 0 Å². The zero-order chi connectivity index (χ0) is 29.2. The Labute approximate surface area is 256 Å². The zero-order valence-corrected chi connectivity index (χ0v) is 24.5. The average molecular weight is 560 g/mol. The molecule has 0 aliphatic heterocycles. The minimum Gasteiger partial charge on any atom is -0.309 e. The van der Waals surface area contributed by atoms with Crippen LogP contribution in [0.15, 0.2) is 158 Å². The molecule has 0 N–H and O–H groups in total. The van der Waals surface area contributed by atoms with Gasteiger partial charge in [-0.1, -0.05) is 139 Å². The topological polar surface area (TPSA) is 4.93 Å². The normalized spacial score (nSPS) is 11.8. The Balaban J connectivity index is 1.38. The molecule has 206 valence electrons. The van der Waals surface area contributed by atoms with Crippen LogP contribution in [0.2, 0.25) is 0 Å². The van der Waals surface area contributed by atoms with Crippen LogP contribution in [0.5, 0.6) is 0 Å². The van der Waals surface area contributed by atoms with Crippen molar-refractivity contribution in [2.24, 2.45) is 0 Å². The van der Waals surface area contributed by atoms with Gasteiger partial charge in [0, 0.05) is 16.5 Å². The molecule has 0 saturated carbocycles. The Hall–Kier alpha value is -5.66. The molecule has 1 nitrogen and oxygen atoms in total. The third-order valence-corrected chi connectivity index (χ3v) is 9.21. The van der Waals surface area contributed by atoms with Crippen molar-refractivity contribution in [2.45, 2.75) is 6.92 Å². The second kappa shape index (κ2) is 9.69. The lowest BCUT2D eigenvalue weighted by Crippen LogP contribution is -1.96. The summed E-state index contributed by atoms with van der Waals surface area (Å²) < 4.78 is 2.41. The van der Waals surface area contributed by atoms with Crippen LogP contribution in [0.25, 0.3) is 82.1 Å². The monoisotopic (exact) mass is 559 g/mol. The van der Waals surface area contributed by atoms with Crippen LogP contribution in [0, 0.1) is 6.92 Å². The second-order valence-electron chi connectivity index (χ2n) is 11.8. The summed E-state index contributed by atoms with van der Waals surface area (Å²) in [6.07, 6.45) is 0. The van der Waals surface area contributed by atoms with Crippen molar-refractivity contribution in [1.29, 1.82) is 0 Å². The van der Waals surface area contributed by atoms with E-state index < -0.39 is 0 Å². The molecular weight excluding hydrogens is 530 g/mol. The van der Waals surface area contributed by atoms with Crippen LogP contribution in [0.3, 0.4) is 0 Å². The highest BCUT2D eigenvalue weighted by Gasteiger charge is 2.19. The predicted octanol–water partition coefficient (Wildman–Crippen LogP) is 11.9. The fourth-order valence-corrected chi connectivity index (χ4v) is 7.34. The smallest absolute Gasteiger partial charge is 0.0541 e. The molecule has 1 heteroatoms. The van der Waals surface area contributed by atoms with Gasteiger partial charge in [-0.15, -0.1) is 0 Å². The molecule has 0 fully saturated rings. The molecule has 44 heavy (non-hydrogen) atoms. The van der Waals surface area contributed by atoms with Crippen molar-refractivity contribution in [3.8, 4) is 27.9 Å². The van der Waals surface area contributed by atoms with Crippen LogP contribution < -0.4 is 0 Å². The summed E-state index contributed by atoms with van der Waals surface area (Å²) >= 11 is 0. The van der Waals surface area contributed by atoms with Gasteiger partial charge in [0.1, 0.15) is 0 Å². The van der Waals surface area contributed by atoms with Gasteiger partial charge in [-0.2, -0.15) is 0 Å². The van der Waals surface area contributed by atoms with Gasteiger partial charge in [0.25, 0.3) is 0 Å². The molecule has 0 spiro atoms. The summed E-state index contributed by atoms with van der Waals surface area (Å²) in [4.78, 5) is 0. The van der Waals surface area contributed by atoms with Crippen LogP contribution in [-0.4, -0.2) is 4.57 Å². The number of rotatable bonds is 3. The van der Waals surface area contributed by atoms with Gasteiger partial charge in [-0.3, -0.25) is 0 Å². The fraction of sp³-hybridized carbons (Fsp3) is 0.0233. The second-order valence-corrected chi connectivity index (χ2v) is 11.8. The molecule has 0 saturated heterocycles. The Morgan fingerprint density at radius 2 is 0.955 bits per heavy atom. The van der Waals surface area contributed by atoms with Crippen molar-refractivity contribution in [1.82, 2.24) is 4.57 Å². The predicted molar refractivity (Wildman–Crippen MR) is 189 cm³/mol. The largest absolute Gasteiger partial charge is 0.309 e. The Morgan fingerprint density at radius 1 is 0.386 bits per heavy atom. The lowest BCUT2D eigenvalue weighted by atomic mass is 9.84. The summed E-state index contributed by atoms with van der Waals surface area (Å²) in [5.41, 5.74) is 9.96. The van der Waals surface area contributed by atoms with Crippen LogP contribution in [0.4, 0.5) is 0 Å². The zero-order valence-electron chi connectivity index (χ0n) is 24.5. The highest BCUT2D eigenvalue weighted by Crippen LogP contribution is 2.46. The molecule has 0 aliphatic carbocycles. The van der Waals surface area contributed by atoms with Gasteiger partial charge < -0.3 is 4.57 Å². The van der Waals surface area contributed by atoms with E-state index >= 15 is 0 Å². The Morgan fingerprint density at radius 3 is 1.70 bits per heavy atom. The number of hydrogen-bond donors (Lipinski definition) is 0. The van der Waals surface area contributed by atoms with E-state index in [1.54, 1.807) is 0 Å². The number of nitrogens with zero attached hydrogens (tertiary/aromatic N) is 1. The van der Waals surface area contributed by atoms with Crippen LogP contribution >= 0.6 is 0 Å². The van der Waals surface area contributed by atoms with E-state index in [2.05, 4.69) is 169 Å². The minimum atomic E-state index is 1.17. The van der Waals surface area contributed by atoms with Gasteiger partial charge in [-0.05, 0) is 85.8 Å². The Kier molecular flexibility index (Phi) is 5.48. The first-order valence-electron chi connectivity index (χ1n) is 15.3. The maximum Gasteiger partial charge on any atom is 0.0541 e. The van der Waals surface area contributed by atoms with Crippen molar-refractivity contribution in [3.05, 3.63) is 163 Å². The molecule has 1 heterocycles. The van der Waals surface area contributed by atoms with Gasteiger partial charge in [0.2, 0.25) is 0 Å². The molecule has 9 aromatic rings. The van der Waals surface area contributed by atoms with Crippen molar-refractivity contribution in [2.75, 3.05) is 0 Å².